The molecule has 1 heterocycles. The maximum atomic E-state index is 10.8. The van der Waals surface area contributed by atoms with Gasteiger partial charge in [0.1, 0.15) is 12.1 Å². The van der Waals surface area contributed by atoms with Crippen molar-refractivity contribution >= 4 is 5.82 Å². The normalized spacial score (nSPS) is 39.8. The van der Waals surface area contributed by atoms with Crippen molar-refractivity contribution in [2.45, 2.75) is 44.6 Å². The molecule has 0 aromatic carbocycles. The van der Waals surface area contributed by atoms with Crippen LogP contribution in [0, 0.1) is 23.2 Å². The average Bonchev–Trinajstić information content (AvgIpc) is 2.44. The molecule has 0 saturated heterocycles. The van der Waals surface area contributed by atoms with Gasteiger partial charge in [0.15, 0.2) is 0 Å². The number of aromatic nitrogens is 2. The predicted octanol–water partition coefficient (Wildman–Crippen LogP) is 2.47. The molecular weight excluding hydrogens is 250 g/mol. The molecule has 4 nitrogen and oxygen atoms in total. The first-order valence-electron chi connectivity index (χ1n) is 7.91. The van der Waals surface area contributed by atoms with E-state index in [2.05, 4.69) is 15.3 Å². The fourth-order valence-corrected chi connectivity index (χ4v) is 5.40. The second-order valence-electron chi connectivity index (χ2n) is 7.27. The van der Waals surface area contributed by atoms with Crippen LogP contribution in [0.25, 0.3) is 0 Å². The van der Waals surface area contributed by atoms with Gasteiger partial charge in [-0.2, -0.15) is 0 Å². The van der Waals surface area contributed by atoms with Gasteiger partial charge in [-0.1, -0.05) is 0 Å². The zero-order valence-electron chi connectivity index (χ0n) is 11.8. The molecule has 5 rings (SSSR count). The van der Waals surface area contributed by atoms with Crippen molar-refractivity contribution < 1.29 is 5.11 Å². The van der Waals surface area contributed by atoms with Crippen LogP contribution in [0.5, 0.6) is 0 Å². The Balaban J connectivity index is 1.44. The van der Waals surface area contributed by atoms with Crippen LogP contribution in [0.3, 0.4) is 0 Å². The molecule has 0 radical (unpaired) electrons. The van der Waals surface area contributed by atoms with Gasteiger partial charge in [0.25, 0.3) is 0 Å². The average molecular weight is 273 g/mol. The highest BCUT2D eigenvalue weighted by molar-refractivity contribution is 5.31. The lowest BCUT2D eigenvalue weighted by molar-refractivity contribution is -0.115. The van der Waals surface area contributed by atoms with Gasteiger partial charge in [-0.25, -0.2) is 9.97 Å². The molecule has 108 valence electrons. The van der Waals surface area contributed by atoms with Gasteiger partial charge < -0.3 is 10.4 Å². The molecule has 1 aromatic heterocycles. The Morgan fingerprint density at radius 2 is 1.85 bits per heavy atom. The largest absolute Gasteiger partial charge is 0.391 e. The van der Waals surface area contributed by atoms with Crippen LogP contribution in [-0.2, 0) is 0 Å². The van der Waals surface area contributed by atoms with Crippen molar-refractivity contribution in [3.63, 3.8) is 0 Å². The standard InChI is InChI=1S/C16H23N3O/c20-14(9-18-15-1-2-17-10-19-15)16-6-11-3-12(7-16)5-13(4-11)8-16/h1-2,10-14,20H,3-9H2,(H,17,18,19). The topological polar surface area (TPSA) is 58.0 Å². The number of nitrogens with zero attached hydrogens (tertiary/aromatic N) is 2. The van der Waals surface area contributed by atoms with Gasteiger partial charge in [-0.05, 0) is 67.8 Å². The first-order valence-corrected chi connectivity index (χ1v) is 7.91. The SMILES string of the molecule is OC(CNc1ccncn1)C12CC3CC(CC(C3)C1)C2. The lowest BCUT2D eigenvalue weighted by Crippen LogP contribution is -2.53. The predicted molar refractivity (Wildman–Crippen MR) is 77.1 cm³/mol. The number of hydrogen-bond acceptors (Lipinski definition) is 4. The van der Waals surface area contributed by atoms with Gasteiger partial charge in [0.2, 0.25) is 0 Å². The van der Waals surface area contributed by atoms with Crippen molar-refractivity contribution in [3.8, 4) is 0 Å². The number of aliphatic hydroxyl groups excluding tert-OH is 1. The number of nitrogens with one attached hydrogen (secondary N) is 1. The van der Waals surface area contributed by atoms with E-state index in [0.29, 0.717) is 6.54 Å². The molecule has 20 heavy (non-hydrogen) atoms. The van der Waals surface area contributed by atoms with Crippen LogP contribution in [0.15, 0.2) is 18.6 Å². The summed E-state index contributed by atoms with van der Waals surface area (Å²) in [6.45, 7) is 0.614. The smallest absolute Gasteiger partial charge is 0.129 e. The van der Waals surface area contributed by atoms with Crippen molar-refractivity contribution in [1.82, 2.24) is 9.97 Å². The van der Waals surface area contributed by atoms with Crippen molar-refractivity contribution in [1.29, 1.82) is 0 Å². The third-order valence-electron chi connectivity index (χ3n) is 5.85. The van der Waals surface area contributed by atoms with Crippen LogP contribution in [-0.4, -0.2) is 27.7 Å². The van der Waals surface area contributed by atoms with Crippen molar-refractivity contribution in [3.05, 3.63) is 18.6 Å². The molecule has 4 aliphatic carbocycles. The van der Waals surface area contributed by atoms with Crippen LogP contribution in [0.1, 0.15) is 38.5 Å². The first-order chi connectivity index (χ1) is 9.73. The monoisotopic (exact) mass is 273 g/mol. The molecule has 4 heteroatoms. The number of aliphatic hydroxyl groups is 1. The molecule has 4 aliphatic rings. The number of anilines is 1. The molecule has 4 saturated carbocycles. The van der Waals surface area contributed by atoms with E-state index in [1.165, 1.54) is 38.5 Å². The minimum Gasteiger partial charge on any atom is -0.391 e. The van der Waals surface area contributed by atoms with E-state index < -0.39 is 0 Å². The highest BCUT2D eigenvalue weighted by Crippen LogP contribution is 2.61. The van der Waals surface area contributed by atoms with Gasteiger partial charge in [0, 0.05) is 12.7 Å². The van der Waals surface area contributed by atoms with E-state index >= 15 is 0 Å². The molecule has 2 N–H and O–H groups in total. The fourth-order valence-electron chi connectivity index (χ4n) is 5.40. The quantitative estimate of drug-likeness (QED) is 0.885. The molecule has 1 aromatic rings. The van der Waals surface area contributed by atoms with Gasteiger partial charge in [-0.15, -0.1) is 0 Å². The molecule has 4 fully saturated rings. The maximum Gasteiger partial charge on any atom is 0.129 e. The fraction of sp³-hybridized carbons (Fsp3) is 0.750. The summed E-state index contributed by atoms with van der Waals surface area (Å²) >= 11 is 0. The van der Waals surface area contributed by atoms with Crippen molar-refractivity contribution in [2.24, 2.45) is 23.2 Å². The summed E-state index contributed by atoms with van der Waals surface area (Å²) in [7, 11) is 0. The second-order valence-corrected chi connectivity index (χ2v) is 7.27. The highest BCUT2D eigenvalue weighted by atomic mass is 16.3. The summed E-state index contributed by atoms with van der Waals surface area (Å²) in [6, 6.07) is 1.85. The van der Waals surface area contributed by atoms with E-state index in [1.807, 2.05) is 6.07 Å². The van der Waals surface area contributed by atoms with E-state index in [-0.39, 0.29) is 11.5 Å². The summed E-state index contributed by atoms with van der Waals surface area (Å²) < 4.78 is 0. The lowest BCUT2D eigenvalue weighted by Gasteiger charge is -2.58. The lowest BCUT2D eigenvalue weighted by atomic mass is 9.48. The minimum atomic E-state index is -0.245. The summed E-state index contributed by atoms with van der Waals surface area (Å²) in [5.41, 5.74) is 0.189. The zero-order chi connectivity index (χ0) is 13.6. The maximum absolute atomic E-state index is 10.8. The van der Waals surface area contributed by atoms with Gasteiger partial charge in [0.05, 0.1) is 6.10 Å². The Labute approximate surface area is 120 Å². The summed E-state index contributed by atoms with van der Waals surface area (Å²) in [5.74, 6) is 3.46. The molecule has 1 unspecified atom stereocenters. The number of rotatable bonds is 4. The zero-order valence-corrected chi connectivity index (χ0v) is 11.8. The Morgan fingerprint density at radius 3 is 2.40 bits per heavy atom. The summed E-state index contributed by atoms with van der Waals surface area (Å²) in [4.78, 5) is 8.08. The summed E-state index contributed by atoms with van der Waals surface area (Å²) in [6.07, 6.45) is 11.0. The van der Waals surface area contributed by atoms with Crippen LogP contribution < -0.4 is 5.32 Å². The third kappa shape index (κ3) is 2.10. The molecule has 0 aliphatic heterocycles. The summed E-state index contributed by atoms with van der Waals surface area (Å²) in [5, 5.41) is 14.0. The van der Waals surface area contributed by atoms with E-state index in [4.69, 9.17) is 0 Å². The van der Waals surface area contributed by atoms with Crippen LogP contribution >= 0.6 is 0 Å². The van der Waals surface area contributed by atoms with Crippen LogP contribution in [0.2, 0.25) is 0 Å². The Morgan fingerprint density at radius 1 is 1.20 bits per heavy atom. The Bertz CT molecular complexity index is 441. The minimum absolute atomic E-state index is 0.189. The molecule has 0 amide bonds. The van der Waals surface area contributed by atoms with E-state index in [9.17, 15) is 5.11 Å². The van der Waals surface area contributed by atoms with Gasteiger partial charge in [-0.3, -0.25) is 0 Å². The third-order valence-corrected chi connectivity index (χ3v) is 5.85. The van der Waals surface area contributed by atoms with E-state index in [1.54, 1.807) is 12.5 Å². The van der Waals surface area contributed by atoms with Crippen LogP contribution in [0.4, 0.5) is 5.82 Å². The molecule has 4 bridgehead atoms. The second kappa shape index (κ2) is 4.69. The van der Waals surface area contributed by atoms with Gasteiger partial charge >= 0.3 is 0 Å². The molecule has 1 atom stereocenters. The first kappa shape index (κ1) is 12.6. The molecule has 0 spiro atoms. The number of hydrogen-bond donors (Lipinski definition) is 2. The van der Waals surface area contributed by atoms with E-state index in [0.717, 1.165) is 23.6 Å². The molecular formula is C16H23N3O. The Hall–Kier alpha value is -1.16. The van der Waals surface area contributed by atoms with Crippen molar-refractivity contribution in [2.75, 3.05) is 11.9 Å². The highest BCUT2D eigenvalue weighted by Gasteiger charge is 2.53. The Kier molecular flexibility index (Phi) is 2.95.